The van der Waals surface area contributed by atoms with Crippen LogP contribution < -0.4 is 0 Å². The molecule has 0 bridgehead atoms. The Hall–Kier alpha value is -4.48. The van der Waals surface area contributed by atoms with Gasteiger partial charge in [0, 0.05) is 23.8 Å². The summed E-state index contributed by atoms with van der Waals surface area (Å²) in [7, 11) is 0. The number of non-ortho nitro benzene ring substituents is 1. The molecule has 2 aliphatic rings. The molecule has 1 aliphatic heterocycles. The molecular weight excluding hydrogens is 460 g/mol. The fourth-order valence-corrected chi connectivity index (χ4v) is 4.59. The number of benzene rings is 2. The lowest BCUT2D eigenvalue weighted by molar-refractivity contribution is -0.385. The van der Waals surface area contributed by atoms with E-state index in [1.807, 2.05) is 0 Å². The standard InChI is InChI=1S/C23H20N4O8/c28-20(14-6-5-7-15(12-14)26(32)33)13-24(21(29)18-10-3-4-11-19(18)27(34)35)25-22(30)16-8-1-2-9-17(16)23(25)31/h3-7,10-12,16-17H,1-2,8-9,13H2/t16-,17-/m1/s1. The van der Waals surface area contributed by atoms with Gasteiger partial charge in [-0.25, -0.2) is 5.01 Å². The number of imide groups is 1. The number of ketones is 1. The second-order valence-corrected chi connectivity index (χ2v) is 8.35. The number of hydrazine groups is 1. The van der Waals surface area contributed by atoms with Gasteiger partial charge in [-0.05, 0) is 18.9 Å². The summed E-state index contributed by atoms with van der Waals surface area (Å²) in [4.78, 5) is 74.1. The highest BCUT2D eigenvalue weighted by Gasteiger charge is 2.52. The summed E-state index contributed by atoms with van der Waals surface area (Å²) in [6, 6.07) is 9.80. The second-order valence-electron chi connectivity index (χ2n) is 8.35. The molecule has 0 spiro atoms. The highest BCUT2D eigenvalue weighted by atomic mass is 16.6. The molecule has 0 aromatic heterocycles. The van der Waals surface area contributed by atoms with E-state index in [-0.39, 0.29) is 11.3 Å². The summed E-state index contributed by atoms with van der Waals surface area (Å²) < 4.78 is 0. The topological polar surface area (TPSA) is 161 Å². The third kappa shape index (κ3) is 4.37. The van der Waals surface area contributed by atoms with Crippen molar-refractivity contribution in [3.8, 4) is 0 Å². The van der Waals surface area contributed by atoms with Gasteiger partial charge in [0.15, 0.2) is 5.78 Å². The molecule has 35 heavy (non-hydrogen) atoms. The maximum absolute atomic E-state index is 13.5. The first-order chi connectivity index (χ1) is 16.7. The minimum atomic E-state index is -1.07. The first-order valence-electron chi connectivity index (χ1n) is 10.9. The number of nitro groups is 2. The lowest BCUT2D eigenvalue weighted by Crippen LogP contribution is -2.52. The lowest BCUT2D eigenvalue weighted by atomic mass is 9.81. The number of hydrogen-bond donors (Lipinski definition) is 0. The van der Waals surface area contributed by atoms with Crippen LogP contribution in [0.1, 0.15) is 46.4 Å². The van der Waals surface area contributed by atoms with E-state index in [1.54, 1.807) is 0 Å². The Kier molecular flexibility index (Phi) is 6.36. The number of Topliss-reactive ketones (excluding diaryl/α,β-unsaturated/α-hetero) is 1. The van der Waals surface area contributed by atoms with Crippen molar-refractivity contribution >= 4 is 34.9 Å². The van der Waals surface area contributed by atoms with E-state index in [0.29, 0.717) is 22.9 Å². The number of rotatable bonds is 7. The molecule has 180 valence electrons. The fourth-order valence-electron chi connectivity index (χ4n) is 4.59. The highest BCUT2D eigenvalue weighted by Crippen LogP contribution is 2.39. The molecule has 2 aromatic carbocycles. The number of para-hydroxylation sites is 1. The number of nitrogens with zero attached hydrogens (tertiary/aromatic N) is 4. The Bertz CT molecular complexity index is 1240. The van der Waals surface area contributed by atoms with Gasteiger partial charge in [0.05, 0.1) is 21.7 Å². The average molecular weight is 480 g/mol. The molecule has 4 rings (SSSR count). The van der Waals surface area contributed by atoms with Crippen molar-refractivity contribution in [1.29, 1.82) is 0 Å². The van der Waals surface area contributed by atoms with E-state index in [4.69, 9.17) is 0 Å². The average Bonchev–Trinajstić information content (AvgIpc) is 3.12. The van der Waals surface area contributed by atoms with E-state index in [1.165, 1.54) is 36.4 Å². The van der Waals surface area contributed by atoms with Gasteiger partial charge >= 0.3 is 0 Å². The number of fused-ring (bicyclic) bond motifs is 1. The zero-order valence-electron chi connectivity index (χ0n) is 18.4. The van der Waals surface area contributed by atoms with Crippen LogP contribution in [0.5, 0.6) is 0 Å². The number of hydrogen-bond acceptors (Lipinski definition) is 8. The molecule has 1 saturated heterocycles. The van der Waals surface area contributed by atoms with Crippen LogP contribution >= 0.6 is 0 Å². The van der Waals surface area contributed by atoms with Gasteiger partial charge in [0.1, 0.15) is 12.1 Å². The highest BCUT2D eigenvalue weighted by molar-refractivity contribution is 6.10. The molecular formula is C23H20N4O8. The summed E-state index contributed by atoms with van der Waals surface area (Å²) in [5, 5.41) is 23.9. The van der Waals surface area contributed by atoms with Crippen molar-refractivity contribution in [3.63, 3.8) is 0 Å². The molecule has 0 N–H and O–H groups in total. The maximum Gasteiger partial charge on any atom is 0.282 e. The number of nitro benzene ring substituents is 2. The maximum atomic E-state index is 13.5. The predicted octanol–water partition coefficient (Wildman–Crippen LogP) is 2.92. The van der Waals surface area contributed by atoms with Crippen LogP contribution in [0.2, 0.25) is 0 Å². The smallest absolute Gasteiger partial charge is 0.282 e. The molecule has 2 fully saturated rings. The second kappa shape index (κ2) is 9.41. The fraction of sp³-hybridized carbons (Fsp3) is 0.304. The van der Waals surface area contributed by atoms with Crippen LogP contribution in [-0.2, 0) is 9.59 Å². The summed E-state index contributed by atoms with van der Waals surface area (Å²) in [6.45, 7) is -0.816. The van der Waals surface area contributed by atoms with E-state index in [0.717, 1.165) is 25.0 Å². The molecule has 12 nitrogen and oxygen atoms in total. The summed E-state index contributed by atoms with van der Waals surface area (Å²) in [6.07, 6.45) is 2.38. The molecule has 3 amide bonds. The van der Waals surface area contributed by atoms with Gasteiger partial charge in [-0.15, -0.1) is 0 Å². The SMILES string of the molecule is O=C(CN(C(=O)c1ccccc1[N+](=O)[O-])N1C(=O)[C@@H]2CCCC[C@H]2C1=O)c1cccc([N+](=O)[O-])c1. The normalized spacial score (nSPS) is 19.3. The van der Waals surface area contributed by atoms with Gasteiger partial charge in [-0.2, -0.15) is 5.01 Å². The molecule has 0 radical (unpaired) electrons. The van der Waals surface area contributed by atoms with Crippen LogP contribution in [0.4, 0.5) is 11.4 Å². The Balaban J connectivity index is 1.75. The van der Waals surface area contributed by atoms with Crippen molar-refractivity contribution in [1.82, 2.24) is 10.0 Å². The van der Waals surface area contributed by atoms with Crippen LogP contribution in [0.3, 0.4) is 0 Å². The first kappa shape index (κ1) is 23.7. The summed E-state index contributed by atoms with van der Waals surface area (Å²) >= 11 is 0. The molecule has 1 saturated carbocycles. The van der Waals surface area contributed by atoms with E-state index < -0.39 is 63.0 Å². The monoisotopic (exact) mass is 480 g/mol. The van der Waals surface area contributed by atoms with Gasteiger partial charge in [-0.1, -0.05) is 37.1 Å². The van der Waals surface area contributed by atoms with E-state index >= 15 is 0 Å². The minimum absolute atomic E-state index is 0.115. The lowest BCUT2D eigenvalue weighted by Gasteiger charge is -2.30. The van der Waals surface area contributed by atoms with Crippen LogP contribution in [0.25, 0.3) is 0 Å². The Morgan fingerprint density at radius 1 is 0.914 bits per heavy atom. The largest absolute Gasteiger partial charge is 0.292 e. The number of amides is 3. The van der Waals surface area contributed by atoms with Crippen molar-refractivity contribution in [2.75, 3.05) is 6.54 Å². The Morgan fingerprint density at radius 2 is 1.54 bits per heavy atom. The molecule has 1 heterocycles. The molecule has 0 unspecified atom stereocenters. The van der Waals surface area contributed by atoms with Gasteiger partial charge in [-0.3, -0.25) is 39.4 Å². The van der Waals surface area contributed by atoms with Gasteiger partial charge in [0.2, 0.25) is 0 Å². The number of carbonyl (C=O) groups excluding carboxylic acids is 4. The van der Waals surface area contributed by atoms with E-state index in [9.17, 15) is 39.4 Å². The zero-order chi connectivity index (χ0) is 25.3. The minimum Gasteiger partial charge on any atom is -0.292 e. The summed E-state index contributed by atoms with van der Waals surface area (Å²) in [5.41, 5.74) is -1.43. The summed E-state index contributed by atoms with van der Waals surface area (Å²) in [5.74, 6) is -4.40. The third-order valence-corrected chi connectivity index (χ3v) is 6.30. The Morgan fingerprint density at radius 3 is 2.14 bits per heavy atom. The molecule has 2 aromatic rings. The molecule has 1 aliphatic carbocycles. The first-order valence-corrected chi connectivity index (χ1v) is 10.9. The molecule has 12 heteroatoms. The van der Waals surface area contributed by atoms with Crippen LogP contribution in [0, 0.1) is 32.1 Å². The van der Waals surface area contributed by atoms with Crippen LogP contribution in [0.15, 0.2) is 48.5 Å². The van der Waals surface area contributed by atoms with Crippen molar-refractivity contribution in [2.24, 2.45) is 11.8 Å². The predicted molar refractivity (Wildman–Crippen MR) is 119 cm³/mol. The van der Waals surface area contributed by atoms with Crippen molar-refractivity contribution < 1.29 is 29.0 Å². The van der Waals surface area contributed by atoms with Crippen molar-refractivity contribution in [2.45, 2.75) is 25.7 Å². The van der Waals surface area contributed by atoms with Gasteiger partial charge < -0.3 is 0 Å². The van der Waals surface area contributed by atoms with Gasteiger partial charge in [0.25, 0.3) is 29.1 Å². The van der Waals surface area contributed by atoms with Crippen LogP contribution in [-0.4, -0.2) is 49.9 Å². The third-order valence-electron chi connectivity index (χ3n) is 6.30. The molecule has 2 atom stereocenters. The quantitative estimate of drug-likeness (QED) is 0.253. The van der Waals surface area contributed by atoms with E-state index in [2.05, 4.69) is 0 Å². The van der Waals surface area contributed by atoms with Crippen molar-refractivity contribution in [3.05, 3.63) is 79.9 Å². The zero-order valence-corrected chi connectivity index (χ0v) is 18.4. The number of carbonyl (C=O) groups is 4. The Labute approximate surface area is 198 Å².